The average Bonchev–Trinajstić information content (AvgIpc) is 3.28. The quantitative estimate of drug-likeness (QED) is 0.652. The van der Waals surface area contributed by atoms with E-state index in [2.05, 4.69) is 69.5 Å². The van der Waals surface area contributed by atoms with Gasteiger partial charge < -0.3 is 19.5 Å². The molecule has 0 saturated carbocycles. The SMILES string of the molecule is Cc1nc2ccc(-c3ccc4c(c3)CN(C(=O)C3=CC5C=CC=CC5N3C)CCO4)cc2[nH]1. The van der Waals surface area contributed by atoms with Crippen LogP contribution in [0, 0.1) is 12.8 Å². The summed E-state index contributed by atoms with van der Waals surface area (Å²) in [6, 6.07) is 12.7. The van der Waals surface area contributed by atoms with Gasteiger partial charge in [-0.1, -0.05) is 36.4 Å². The van der Waals surface area contributed by atoms with Crippen molar-refractivity contribution in [2.24, 2.45) is 5.92 Å². The number of aryl methyl sites for hydroxylation is 1. The van der Waals surface area contributed by atoms with Crippen molar-refractivity contribution in [2.75, 3.05) is 20.2 Å². The summed E-state index contributed by atoms with van der Waals surface area (Å²) in [6.45, 7) is 3.54. The summed E-state index contributed by atoms with van der Waals surface area (Å²) < 4.78 is 6.01. The molecule has 6 nitrogen and oxygen atoms in total. The van der Waals surface area contributed by atoms with Gasteiger partial charge in [-0.3, -0.25) is 4.79 Å². The van der Waals surface area contributed by atoms with Crippen LogP contribution in [0.1, 0.15) is 11.4 Å². The van der Waals surface area contributed by atoms with Gasteiger partial charge in [-0.05, 0) is 48.4 Å². The summed E-state index contributed by atoms with van der Waals surface area (Å²) in [5.74, 6) is 2.07. The first kappa shape index (κ1) is 19.9. The third kappa shape index (κ3) is 3.42. The Morgan fingerprint density at radius 2 is 1.94 bits per heavy atom. The maximum atomic E-state index is 13.5. The van der Waals surface area contributed by atoms with Crippen molar-refractivity contribution >= 4 is 16.9 Å². The van der Waals surface area contributed by atoms with E-state index in [0.29, 0.717) is 19.7 Å². The molecule has 1 N–H and O–H groups in total. The molecule has 33 heavy (non-hydrogen) atoms. The van der Waals surface area contributed by atoms with Crippen molar-refractivity contribution < 1.29 is 9.53 Å². The molecule has 0 fully saturated rings. The number of likely N-dealkylation sites (N-methyl/N-ethyl adjacent to an activating group) is 1. The Morgan fingerprint density at radius 1 is 1.12 bits per heavy atom. The van der Waals surface area contributed by atoms with E-state index in [-0.39, 0.29) is 17.9 Å². The first-order chi connectivity index (χ1) is 16.1. The summed E-state index contributed by atoms with van der Waals surface area (Å²) in [5.41, 5.74) is 5.98. The van der Waals surface area contributed by atoms with E-state index >= 15 is 0 Å². The number of H-pyrrole nitrogens is 1. The van der Waals surface area contributed by atoms with E-state index in [1.807, 2.05) is 31.0 Å². The number of benzene rings is 2. The summed E-state index contributed by atoms with van der Waals surface area (Å²) in [4.78, 5) is 25.3. The number of nitrogens with zero attached hydrogens (tertiary/aromatic N) is 3. The number of nitrogens with one attached hydrogen (secondary N) is 1. The van der Waals surface area contributed by atoms with Crippen LogP contribution < -0.4 is 4.74 Å². The Balaban J connectivity index is 1.29. The van der Waals surface area contributed by atoms with Gasteiger partial charge in [0.05, 0.1) is 29.3 Å². The molecule has 166 valence electrons. The topological polar surface area (TPSA) is 61.5 Å². The molecule has 2 unspecified atom stereocenters. The van der Waals surface area contributed by atoms with Crippen molar-refractivity contribution in [3.05, 3.63) is 83.9 Å². The molecule has 0 spiro atoms. The minimum atomic E-state index is 0.0601. The van der Waals surface area contributed by atoms with Gasteiger partial charge in [-0.2, -0.15) is 0 Å². The van der Waals surface area contributed by atoms with Crippen molar-refractivity contribution in [1.29, 1.82) is 0 Å². The zero-order chi connectivity index (χ0) is 22.5. The lowest BCUT2D eigenvalue weighted by molar-refractivity contribution is -0.129. The Morgan fingerprint density at radius 3 is 2.82 bits per heavy atom. The van der Waals surface area contributed by atoms with Crippen LogP contribution in [0.5, 0.6) is 5.75 Å². The largest absolute Gasteiger partial charge is 0.491 e. The zero-order valence-electron chi connectivity index (χ0n) is 18.8. The number of aromatic amines is 1. The lowest BCUT2D eigenvalue weighted by Gasteiger charge is -2.28. The van der Waals surface area contributed by atoms with Crippen molar-refractivity contribution in [3.8, 4) is 16.9 Å². The van der Waals surface area contributed by atoms with E-state index in [9.17, 15) is 4.79 Å². The molecule has 3 aromatic rings. The zero-order valence-corrected chi connectivity index (χ0v) is 18.8. The van der Waals surface area contributed by atoms with Gasteiger partial charge in [0.2, 0.25) is 0 Å². The van der Waals surface area contributed by atoms with Crippen LogP contribution in [0.2, 0.25) is 0 Å². The standard InChI is InChI=1S/C27H26N4O2/c1-17-28-22-9-7-19(14-23(22)29-17)18-8-10-26-21(13-18)16-31(11-12-33-26)27(32)25-15-20-5-3-4-6-24(20)30(25)2/h3-10,13-15,20,24H,11-12,16H2,1-2H3,(H,28,29). The molecule has 1 aliphatic carbocycles. The van der Waals surface area contributed by atoms with Crippen LogP contribution in [0.4, 0.5) is 0 Å². The highest BCUT2D eigenvalue weighted by Crippen LogP contribution is 2.34. The maximum absolute atomic E-state index is 13.5. The molecule has 0 radical (unpaired) electrons. The third-order valence-electron chi connectivity index (χ3n) is 6.81. The molecule has 0 saturated heterocycles. The van der Waals surface area contributed by atoms with Gasteiger partial charge >= 0.3 is 0 Å². The van der Waals surface area contributed by atoms with Crippen LogP contribution in [0.15, 0.2) is 72.5 Å². The number of fused-ring (bicyclic) bond motifs is 3. The van der Waals surface area contributed by atoms with E-state index in [0.717, 1.165) is 45.0 Å². The number of amides is 1. The molecule has 3 heterocycles. The van der Waals surface area contributed by atoms with Crippen molar-refractivity contribution in [3.63, 3.8) is 0 Å². The summed E-state index contributed by atoms with van der Waals surface area (Å²) in [7, 11) is 2.01. The smallest absolute Gasteiger partial charge is 0.270 e. The molecule has 1 aromatic heterocycles. The third-order valence-corrected chi connectivity index (χ3v) is 6.81. The predicted octanol–water partition coefficient (Wildman–Crippen LogP) is 4.20. The summed E-state index contributed by atoms with van der Waals surface area (Å²) in [6.07, 6.45) is 10.5. The first-order valence-corrected chi connectivity index (χ1v) is 11.4. The van der Waals surface area contributed by atoms with E-state index in [4.69, 9.17) is 4.74 Å². The molecule has 2 aliphatic heterocycles. The van der Waals surface area contributed by atoms with Gasteiger partial charge in [-0.25, -0.2) is 4.98 Å². The summed E-state index contributed by atoms with van der Waals surface area (Å²) >= 11 is 0. The number of imidazole rings is 1. The highest BCUT2D eigenvalue weighted by molar-refractivity contribution is 5.94. The van der Waals surface area contributed by atoms with E-state index in [1.165, 1.54) is 0 Å². The number of hydrogen-bond acceptors (Lipinski definition) is 4. The Bertz CT molecular complexity index is 1350. The Kier molecular flexibility index (Phi) is 4.61. The second kappa shape index (κ2) is 7.66. The monoisotopic (exact) mass is 438 g/mol. The van der Waals surface area contributed by atoms with Crippen molar-refractivity contribution in [2.45, 2.75) is 19.5 Å². The number of rotatable bonds is 2. The lowest BCUT2D eigenvalue weighted by atomic mass is 9.97. The molecule has 0 bridgehead atoms. The fourth-order valence-electron chi connectivity index (χ4n) is 5.06. The number of hydrogen-bond donors (Lipinski definition) is 1. The number of carbonyl (C=O) groups is 1. The van der Waals surface area contributed by atoms with Crippen LogP contribution in [0.25, 0.3) is 22.2 Å². The average molecular weight is 439 g/mol. The van der Waals surface area contributed by atoms with Gasteiger partial charge in [0.1, 0.15) is 18.2 Å². The van der Waals surface area contributed by atoms with Gasteiger partial charge in [0.25, 0.3) is 5.91 Å². The first-order valence-electron chi connectivity index (χ1n) is 11.4. The Labute approximate surface area is 192 Å². The number of ether oxygens (including phenoxy) is 1. The number of aromatic nitrogens is 2. The molecule has 3 aliphatic rings. The lowest BCUT2D eigenvalue weighted by Crippen LogP contribution is -2.39. The van der Waals surface area contributed by atoms with Gasteiger partial charge in [-0.15, -0.1) is 0 Å². The molecule has 2 atom stereocenters. The minimum absolute atomic E-state index is 0.0601. The Hall–Kier alpha value is -3.80. The van der Waals surface area contributed by atoms with Gasteiger partial charge in [0, 0.05) is 25.1 Å². The van der Waals surface area contributed by atoms with E-state index in [1.54, 1.807) is 0 Å². The fourth-order valence-corrected chi connectivity index (χ4v) is 5.06. The second-order valence-electron chi connectivity index (χ2n) is 8.95. The highest BCUT2D eigenvalue weighted by atomic mass is 16.5. The predicted molar refractivity (Wildman–Crippen MR) is 129 cm³/mol. The summed E-state index contributed by atoms with van der Waals surface area (Å²) in [5, 5.41) is 0. The normalized spacial score (nSPS) is 21.5. The number of carbonyl (C=O) groups excluding carboxylic acids is 1. The van der Waals surface area contributed by atoms with Crippen LogP contribution in [0.3, 0.4) is 0 Å². The molecule has 6 rings (SSSR count). The number of allylic oxidation sites excluding steroid dienone is 2. The van der Waals surface area contributed by atoms with Crippen LogP contribution in [-0.2, 0) is 11.3 Å². The van der Waals surface area contributed by atoms with E-state index < -0.39 is 0 Å². The van der Waals surface area contributed by atoms with Crippen molar-refractivity contribution in [1.82, 2.24) is 19.8 Å². The minimum Gasteiger partial charge on any atom is -0.491 e. The second-order valence-corrected chi connectivity index (χ2v) is 8.95. The maximum Gasteiger partial charge on any atom is 0.270 e. The molecule has 2 aromatic carbocycles. The van der Waals surface area contributed by atoms with Crippen LogP contribution in [-0.4, -0.2) is 51.9 Å². The van der Waals surface area contributed by atoms with Gasteiger partial charge in [0.15, 0.2) is 0 Å². The molecular weight excluding hydrogens is 412 g/mol. The fraction of sp³-hybridized carbons (Fsp3) is 0.259. The molecular formula is C27H26N4O2. The highest BCUT2D eigenvalue weighted by Gasteiger charge is 2.35. The molecule has 6 heteroatoms. The van der Waals surface area contributed by atoms with Crippen LogP contribution >= 0.6 is 0 Å². The molecule has 1 amide bonds.